The number of hydrogen-bond donors (Lipinski definition) is 1. The second-order valence-corrected chi connectivity index (χ2v) is 5.25. The van der Waals surface area contributed by atoms with Crippen molar-refractivity contribution < 1.29 is 4.74 Å². The number of fused-ring (bicyclic) bond motifs is 1. The second kappa shape index (κ2) is 8.10. The van der Waals surface area contributed by atoms with E-state index in [-0.39, 0.29) is 0 Å². The lowest BCUT2D eigenvalue weighted by atomic mass is 10.2. The maximum absolute atomic E-state index is 5.36. The van der Waals surface area contributed by atoms with Gasteiger partial charge in [-0.05, 0) is 25.5 Å². The summed E-state index contributed by atoms with van der Waals surface area (Å²) in [6.45, 7) is 13.7. The van der Waals surface area contributed by atoms with Crippen molar-refractivity contribution in [2.75, 3.05) is 44.7 Å². The van der Waals surface area contributed by atoms with Gasteiger partial charge in [-0.25, -0.2) is 0 Å². The topological polar surface area (TPSA) is 54.7 Å². The van der Waals surface area contributed by atoms with Gasteiger partial charge in [0.15, 0.2) is 5.65 Å². The highest BCUT2D eigenvalue weighted by Gasteiger charge is 2.11. The molecule has 6 nitrogen and oxygen atoms in total. The highest BCUT2D eigenvalue weighted by Crippen LogP contribution is 2.17. The zero-order chi connectivity index (χ0) is 15.9. The zero-order valence-electron chi connectivity index (χ0n) is 14.1. The maximum atomic E-state index is 5.36. The first-order valence-electron chi connectivity index (χ1n) is 8.10. The summed E-state index contributed by atoms with van der Waals surface area (Å²) in [5, 5.41) is 11.9. The average Bonchev–Trinajstić information content (AvgIpc) is 2.92. The number of aromatic nitrogens is 3. The monoisotopic (exact) mass is 305 g/mol. The van der Waals surface area contributed by atoms with Crippen LogP contribution in [-0.4, -0.2) is 58.9 Å². The number of morpholine rings is 1. The number of anilines is 1. The van der Waals surface area contributed by atoms with Gasteiger partial charge in [0.2, 0.25) is 0 Å². The van der Waals surface area contributed by atoms with Crippen molar-refractivity contribution >= 4 is 11.3 Å². The van der Waals surface area contributed by atoms with Gasteiger partial charge in [0, 0.05) is 32.4 Å². The molecule has 0 atom stereocenters. The van der Waals surface area contributed by atoms with Crippen LogP contribution in [0.25, 0.3) is 5.65 Å². The van der Waals surface area contributed by atoms with Crippen LogP contribution in [0.2, 0.25) is 0 Å². The van der Waals surface area contributed by atoms with Crippen LogP contribution >= 0.6 is 0 Å². The van der Waals surface area contributed by atoms with Gasteiger partial charge in [-0.15, -0.1) is 10.2 Å². The minimum Gasteiger partial charge on any atom is -0.381 e. The molecule has 0 unspecified atom stereocenters. The number of rotatable bonds is 4. The van der Waals surface area contributed by atoms with Gasteiger partial charge in [0.1, 0.15) is 5.82 Å². The molecule has 0 radical (unpaired) electrons. The minimum atomic E-state index is 0.845. The number of ether oxygens (including phenoxy) is 1. The number of nitrogens with zero attached hydrogens (tertiary/aromatic N) is 4. The van der Waals surface area contributed by atoms with Crippen LogP contribution in [0.15, 0.2) is 12.3 Å². The van der Waals surface area contributed by atoms with E-state index < -0.39 is 0 Å². The molecule has 122 valence electrons. The average molecular weight is 305 g/mol. The van der Waals surface area contributed by atoms with Crippen LogP contribution in [0.5, 0.6) is 0 Å². The molecule has 0 spiro atoms. The van der Waals surface area contributed by atoms with E-state index in [1.807, 2.05) is 25.2 Å². The van der Waals surface area contributed by atoms with Crippen molar-refractivity contribution in [1.29, 1.82) is 0 Å². The molecule has 0 amide bonds. The largest absolute Gasteiger partial charge is 0.381 e. The molecular weight excluding hydrogens is 278 g/mol. The Hall–Kier alpha value is -1.66. The van der Waals surface area contributed by atoms with E-state index in [1.54, 1.807) is 0 Å². The third-order valence-electron chi connectivity index (χ3n) is 3.66. The maximum Gasteiger partial charge on any atom is 0.184 e. The van der Waals surface area contributed by atoms with Gasteiger partial charge >= 0.3 is 0 Å². The number of nitrogens with one attached hydrogen (secondary N) is 1. The van der Waals surface area contributed by atoms with Crippen molar-refractivity contribution in [3.63, 3.8) is 0 Å². The van der Waals surface area contributed by atoms with Gasteiger partial charge in [-0.1, -0.05) is 13.8 Å². The smallest absolute Gasteiger partial charge is 0.184 e. The fourth-order valence-electron chi connectivity index (χ4n) is 2.54. The van der Waals surface area contributed by atoms with E-state index in [2.05, 4.69) is 39.6 Å². The summed E-state index contributed by atoms with van der Waals surface area (Å²) in [6, 6.07) is 2.13. The fraction of sp³-hybridized carbons (Fsp3) is 0.625. The molecule has 0 aromatic carbocycles. The highest BCUT2D eigenvalue weighted by molar-refractivity contribution is 5.68. The van der Waals surface area contributed by atoms with E-state index in [9.17, 15) is 0 Å². The summed E-state index contributed by atoms with van der Waals surface area (Å²) in [7, 11) is 0. The predicted molar refractivity (Wildman–Crippen MR) is 89.6 cm³/mol. The van der Waals surface area contributed by atoms with E-state index in [4.69, 9.17) is 4.74 Å². The quantitative estimate of drug-likeness (QED) is 0.937. The molecule has 6 heteroatoms. The van der Waals surface area contributed by atoms with E-state index in [0.29, 0.717) is 0 Å². The Bertz CT molecular complexity index is 589. The van der Waals surface area contributed by atoms with Gasteiger partial charge in [0.25, 0.3) is 0 Å². The molecule has 3 rings (SSSR count). The summed E-state index contributed by atoms with van der Waals surface area (Å²) in [5.74, 6) is 0.917. The molecule has 1 saturated heterocycles. The standard InChI is InChI=1S/C14H21N5O.C2H6/c1-11-9-13(14-17-16-12(2)19(14)10-11)15-3-4-18-5-7-20-8-6-18;1-2/h9-10,15H,3-8H2,1-2H3;1-2H3. The Balaban J connectivity index is 0.000000847. The number of pyridine rings is 1. The molecule has 22 heavy (non-hydrogen) atoms. The highest BCUT2D eigenvalue weighted by atomic mass is 16.5. The first kappa shape index (κ1) is 16.7. The molecule has 2 aromatic heterocycles. The third-order valence-corrected chi connectivity index (χ3v) is 3.66. The third kappa shape index (κ3) is 3.96. The zero-order valence-corrected chi connectivity index (χ0v) is 14.1. The van der Waals surface area contributed by atoms with Crippen molar-refractivity contribution in [2.45, 2.75) is 27.7 Å². The minimum absolute atomic E-state index is 0.845. The van der Waals surface area contributed by atoms with E-state index in [0.717, 1.165) is 56.6 Å². The molecule has 1 aliphatic heterocycles. The predicted octanol–water partition coefficient (Wildman–Crippen LogP) is 2.12. The van der Waals surface area contributed by atoms with Crippen LogP contribution in [0.3, 0.4) is 0 Å². The molecule has 0 aliphatic carbocycles. The lowest BCUT2D eigenvalue weighted by Gasteiger charge is -2.26. The second-order valence-electron chi connectivity index (χ2n) is 5.25. The van der Waals surface area contributed by atoms with Crippen LogP contribution in [-0.2, 0) is 4.74 Å². The molecule has 1 fully saturated rings. The van der Waals surface area contributed by atoms with Gasteiger partial charge < -0.3 is 10.1 Å². The summed E-state index contributed by atoms with van der Waals surface area (Å²) in [5.41, 5.74) is 3.16. The van der Waals surface area contributed by atoms with Crippen molar-refractivity contribution in [2.24, 2.45) is 0 Å². The van der Waals surface area contributed by atoms with E-state index >= 15 is 0 Å². The van der Waals surface area contributed by atoms with Crippen LogP contribution in [0.4, 0.5) is 5.69 Å². The van der Waals surface area contributed by atoms with Gasteiger partial charge in [-0.3, -0.25) is 9.30 Å². The Kier molecular flexibility index (Phi) is 6.15. The summed E-state index contributed by atoms with van der Waals surface area (Å²) < 4.78 is 7.39. The molecule has 0 bridgehead atoms. The lowest BCUT2D eigenvalue weighted by Crippen LogP contribution is -2.39. The first-order chi connectivity index (χ1) is 10.7. The van der Waals surface area contributed by atoms with Gasteiger partial charge in [0.05, 0.1) is 18.9 Å². The van der Waals surface area contributed by atoms with E-state index in [1.165, 1.54) is 5.56 Å². The van der Waals surface area contributed by atoms with Crippen LogP contribution in [0.1, 0.15) is 25.2 Å². The molecule has 3 heterocycles. The Morgan fingerprint density at radius 3 is 2.64 bits per heavy atom. The van der Waals surface area contributed by atoms with Crippen molar-refractivity contribution in [3.05, 3.63) is 23.7 Å². The lowest BCUT2D eigenvalue weighted by molar-refractivity contribution is 0.0398. The summed E-state index contributed by atoms with van der Waals surface area (Å²) in [6.07, 6.45) is 2.07. The number of aryl methyl sites for hydroxylation is 2. The number of hydrogen-bond acceptors (Lipinski definition) is 5. The van der Waals surface area contributed by atoms with Crippen LogP contribution < -0.4 is 5.32 Å². The summed E-state index contributed by atoms with van der Waals surface area (Å²) >= 11 is 0. The Morgan fingerprint density at radius 1 is 1.18 bits per heavy atom. The fourth-order valence-corrected chi connectivity index (χ4v) is 2.54. The Morgan fingerprint density at radius 2 is 1.91 bits per heavy atom. The van der Waals surface area contributed by atoms with Crippen molar-refractivity contribution in [1.82, 2.24) is 19.5 Å². The molecule has 2 aromatic rings. The summed E-state index contributed by atoms with van der Waals surface area (Å²) in [4.78, 5) is 2.42. The molecule has 1 aliphatic rings. The SMILES string of the molecule is CC.Cc1cc(NCCN2CCOCC2)c2nnc(C)n2c1. The first-order valence-corrected chi connectivity index (χ1v) is 8.10. The normalized spacial score (nSPS) is 15.5. The van der Waals surface area contributed by atoms with Crippen LogP contribution in [0, 0.1) is 13.8 Å². The molecule has 0 saturated carbocycles. The molecular formula is C16H27N5O. The van der Waals surface area contributed by atoms with Gasteiger partial charge in [-0.2, -0.15) is 0 Å². The molecule has 1 N–H and O–H groups in total. The Labute approximate surface area is 132 Å². The van der Waals surface area contributed by atoms with Crippen molar-refractivity contribution in [3.8, 4) is 0 Å².